The average molecular weight is 179 g/mol. The van der Waals surface area contributed by atoms with Gasteiger partial charge in [-0.15, -0.1) is 0 Å². The molecule has 0 atom stereocenters. The third-order valence-electron chi connectivity index (χ3n) is 0. The van der Waals surface area contributed by atoms with E-state index in [1.807, 2.05) is 0 Å². The summed E-state index contributed by atoms with van der Waals surface area (Å²) in [4.78, 5) is 0. The van der Waals surface area contributed by atoms with Gasteiger partial charge in [-0.25, -0.2) is 0 Å². The van der Waals surface area contributed by atoms with E-state index in [1.165, 1.54) is 0 Å². The molecule has 0 rings (SSSR count). The molecule has 0 aromatic heterocycles. The van der Waals surface area contributed by atoms with E-state index in [2.05, 4.69) is 0 Å². The number of rotatable bonds is 0. The van der Waals surface area contributed by atoms with Crippen molar-refractivity contribution in [2.45, 2.75) is 0 Å². The van der Waals surface area contributed by atoms with Gasteiger partial charge >= 0.3 is 27.8 Å². The molecule has 0 aliphatic rings. The van der Waals surface area contributed by atoms with Crippen molar-refractivity contribution in [3.63, 3.8) is 0 Å². The quantitative estimate of drug-likeness (QED) is 0.470. The van der Waals surface area contributed by atoms with Crippen molar-refractivity contribution in [1.82, 2.24) is 0 Å². The molecule has 0 aromatic rings. The Hall–Kier alpha value is 0.226. The first-order valence-corrected chi connectivity index (χ1v) is 2.24. The Labute approximate surface area is 45.3 Å². The van der Waals surface area contributed by atoms with Crippen LogP contribution in [0.3, 0.4) is 0 Å². The van der Waals surface area contributed by atoms with Crippen LogP contribution in [0.5, 0.6) is 0 Å². The van der Waals surface area contributed by atoms with Crippen molar-refractivity contribution in [1.29, 1.82) is 0 Å². The van der Waals surface area contributed by atoms with Crippen LogP contribution >= 0.6 is 0 Å². The van der Waals surface area contributed by atoms with Crippen LogP contribution in [0.25, 0.3) is 0 Å². The molecule has 6 heteroatoms. The molecule has 0 N–H and O–H groups in total. The molecular weight excluding hydrogens is 179 g/mol. The molecule has 4 nitrogen and oxygen atoms in total. The predicted molar refractivity (Wildman–Crippen MR) is 2.75 cm³/mol. The number of hydrogen-bond acceptors (Lipinski definition) is 4. The van der Waals surface area contributed by atoms with Crippen LogP contribution in [0.2, 0.25) is 0 Å². The van der Waals surface area contributed by atoms with E-state index in [-0.39, 0.29) is 17.1 Å². The SMILES string of the molecule is [Fe].[O]=[Co](=[O])(=[O])=[O]. The van der Waals surface area contributed by atoms with Crippen molar-refractivity contribution in [2.75, 3.05) is 0 Å². The molecule has 0 fully saturated rings. The summed E-state index contributed by atoms with van der Waals surface area (Å²) in [6, 6.07) is 0. The summed E-state index contributed by atoms with van der Waals surface area (Å²) < 4.78 is 34.2. The minimum atomic E-state index is -5.38. The first-order valence-electron chi connectivity index (χ1n) is 0.544. The zero-order valence-corrected chi connectivity index (χ0v) is 4.47. The van der Waals surface area contributed by atoms with E-state index in [4.69, 9.17) is 15.5 Å². The Kier molecular flexibility index (Phi) is 3.82. The standard InChI is InChI=1S/Co.Fe.4O. The molecule has 6 heavy (non-hydrogen) atoms. The summed E-state index contributed by atoms with van der Waals surface area (Å²) in [6.45, 7) is 0. The summed E-state index contributed by atoms with van der Waals surface area (Å²) in [5, 5.41) is 0. The predicted octanol–water partition coefficient (Wildman–Crippen LogP) is -0.480. The van der Waals surface area contributed by atoms with Crippen molar-refractivity contribution in [3.8, 4) is 0 Å². The zero-order chi connectivity index (χ0) is 4.50. The molecule has 0 aromatic carbocycles. The van der Waals surface area contributed by atoms with Gasteiger partial charge in [0.25, 0.3) is 0 Å². The molecule has 0 heterocycles. The topological polar surface area (TPSA) is 68.3 Å². The van der Waals surface area contributed by atoms with Crippen LogP contribution in [-0.4, -0.2) is 0 Å². The Balaban J connectivity index is 0. The van der Waals surface area contributed by atoms with E-state index in [1.54, 1.807) is 0 Å². The molecule has 0 saturated carbocycles. The molecule has 0 spiro atoms. The van der Waals surface area contributed by atoms with Gasteiger partial charge < -0.3 is 0 Å². The van der Waals surface area contributed by atoms with Crippen molar-refractivity contribution in [2.24, 2.45) is 0 Å². The second-order valence-corrected chi connectivity index (χ2v) is 1.37. The van der Waals surface area contributed by atoms with Gasteiger partial charge in [-0.1, -0.05) is 0 Å². The first-order chi connectivity index (χ1) is 2.00. The van der Waals surface area contributed by atoms with E-state index in [0.717, 1.165) is 0 Å². The maximum atomic E-state index is 8.55. The zero-order valence-electron chi connectivity index (χ0n) is 2.32. The Morgan fingerprint density at radius 2 is 0.833 bits per heavy atom. The summed E-state index contributed by atoms with van der Waals surface area (Å²) in [5.41, 5.74) is 0. The van der Waals surface area contributed by atoms with Crippen LogP contribution in [0, 0.1) is 0 Å². The van der Waals surface area contributed by atoms with Crippen LogP contribution in [0.1, 0.15) is 0 Å². The monoisotopic (exact) mass is 179 g/mol. The van der Waals surface area contributed by atoms with Gasteiger partial charge in [0.1, 0.15) is 0 Å². The van der Waals surface area contributed by atoms with Crippen LogP contribution in [0.4, 0.5) is 0 Å². The van der Waals surface area contributed by atoms with E-state index < -0.39 is 12.3 Å². The molecule has 0 aliphatic carbocycles. The van der Waals surface area contributed by atoms with E-state index in [0.29, 0.717) is 0 Å². The molecule has 0 unspecified atom stereocenters. The molecule has 41 valence electrons. The summed E-state index contributed by atoms with van der Waals surface area (Å²) in [7, 11) is 0. The van der Waals surface area contributed by atoms with Crippen molar-refractivity contribution in [3.05, 3.63) is 0 Å². The normalized spacial score (nSPS) is 9.33. The Bertz CT molecular complexity index is 159. The fourth-order valence-electron chi connectivity index (χ4n) is 0. The first kappa shape index (κ1) is 9.52. The molecule has 0 bridgehead atoms. The fourth-order valence-corrected chi connectivity index (χ4v) is 0. The van der Waals surface area contributed by atoms with Gasteiger partial charge in [0, 0.05) is 17.1 Å². The summed E-state index contributed by atoms with van der Waals surface area (Å²) >= 11 is -5.38. The Morgan fingerprint density at radius 1 is 0.833 bits per heavy atom. The maximum absolute atomic E-state index is 8.55. The van der Waals surface area contributed by atoms with Crippen LogP contribution in [0.15, 0.2) is 0 Å². The average Bonchev–Trinajstić information content (AvgIpc) is 0.722. The summed E-state index contributed by atoms with van der Waals surface area (Å²) in [5.74, 6) is 0. The fraction of sp³-hybridized carbons (Fsp3) is 0. The van der Waals surface area contributed by atoms with Gasteiger partial charge in [-0.2, -0.15) is 0 Å². The van der Waals surface area contributed by atoms with Crippen molar-refractivity contribution < 1.29 is 44.9 Å². The van der Waals surface area contributed by atoms with E-state index in [9.17, 15) is 0 Å². The molecule has 0 aliphatic heterocycles. The van der Waals surface area contributed by atoms with Gasteiger partial charge in [0.05, 0.1) is 0 Å². The molecule has 0 amide bonds. The van der Waals surface area contributed by atoms with E-state index >= 15 is 0 Å². The minimum absolute atomic E-state index is 0. The Morgan fingerprint density at radius 3 is 0.833 bits per heavy atom. The summed E-state index contributed by atoms with van der Waals surface area (Å²) in [6.07, 6.45) is 0. The third-order valence-corrected chi connectivity index (χ3v) is 0. The molecule has 0 radical (unpaired) electrons. The van der Waals surface area contributed by atoms with Gasteiger partial charge in [-0.05, 0) is 0 Å². The van der Waals surface area contributed by atoms with Gasteiger partial charge in [-0.3, -0.25) is 0 Å². The van der Waals surface area contributed by atoms with Gasteiger partial charge in [0.2, 0.25) is 0 Å². The van der Waals surface area contributed by atoms with Crippen LogP contribution < -0.4 is 0 Å². The molecular formula is CoFeO4. The second kappa shape index (κ2) is 2.41. The van der Waals surface area contributed by atoms with Crippen LogP contribution in [-0.2, 0) is 44.9 Å². The number of hydrogen-bond donors (Lipinski definition) is 0. The third kappa shape index (κ3) is 861. The van der Waals surface area contributed by atoms with Gasteiger partial charge in [0.15, 0.2) is 0 Å². The molecule has 0 saturated heterocycles. The second-order valence-electron chi connectivity index (χ2n) is 0.333. The van der Waals surface area contributed by atoms with Crippen molar-refractivity contribution >= 4 is 0 Å².